The maximum Gasteiger partial charge on any atom is 0.155 e. The van der Waals surface area contributed by atoms with E-state index < -0.39 is 0 Å². The molecular formula is C13H9ClN2O2. The van der Waals surface area contributed by atoms with Gasteiger partial charge in [0.1, 0.15) is 17.3 Å². The Morgan fingerprint density at radius 3 is 2.67 bits per heavy atom. The normalized spacial score (nSPS) is 10.9. The molecule has 3 rings (SSSR count). The molecule has 2 aromatic heterocycles. The molecule has 1 aromatic carbocycles. The van der Waals surface area contributed by atoms with Gasteiger partial charge in [-0.1, -0.05) is 23.7 Å². The van der Waals surface area contributed by atoms with E-state index in [9.17, 15) is 10.2 Å². The summed E-state index contributed by atoms with van der Waals surface area (Å²) in [7, 11) is 0. The first-order valence-electron chi connectivity index (χ1n) is 5.31. The van der Waals surface area contributed by atoms with Crippen LogP contribution in [0.15, 0.2) is 42.6 Å². The number of imidazole rings is 1. The molecule has 0 radical (unpaired) electrons. The van der Waals surface area contributed by atoms with E-state index >= 15 is 0 Å². The number of aromatic hydroxyl groups is 2. The van der Waals surface area contributed by atoms with Crippen molar-refractivity contribution in [3.05, 3.63) is 47.7 Å². The number of phenols is 1. The van der Waals surface area contributed by atoms with E-state index in [2.05, 4.69) is 4.98 Å². The van der Waals surface area contributed by atoms with Gasteiger partial charge < -0.3 is 10.2 Å². The largest absolute Gasteiger partial charge is 0.508 e. The fraction of sp³-hybridized carbons (Fsp3) is 0. The summed E-state index contributed by atoms with van der Waals surface area (Å²) in [6, 6.07) is 9.96. The van der Waals surface area contributed by atoms with Crippen molar-refractivity contribution in [2.75, 3.05) is 0 Å². The van der Waals surface area contributed by atoms with Crippen molar-refractivity contribution in [2.24, 2.45) is 0 Å². The molecule has 0 spiro atoms. The molecular weight excluding hydrogens is 252 g/mol. The van der Waals surface area contributed by atoms with E-state index in [0.29, 0.717) is 16.5 Å². The van der Waals surface area contributed by atoms with E-state index in [1.54, 1.807) is 34.7 Å². The van der Waals surface area contributed by atoms with Crippen LogP contribution in [0.3, 0.4) is 0 Å². The van der Waals surface area contributed by atoms with Crippen LogP contribution in [0.1, 0.15) is 0 Å². The predicted molar refractivity (Wildman–Crippen MR) is 69.0 cm³/mol. The number of rotatable bonds is 1. The second kappa shape index (κ2) is 3.92. The lowest BCUT2D eigenvalue weighted by atomic mass is 10.2. The van der Waals surface area contributed by atoms with E-state index in [1.807, 2.05) is 6.07 Å². The van der Waals surface area contributed by atoms with Crippen molar-refractivity contribution in [2.45, 2.75) is 0 Å². The third-order valence-corrected chi connectivity index (χ3v) is 2.96. The fourth-order valence-corrected chi connectivity index (χ4v) is 2.12. The molecule has 0 fully saturated rings. The molecule has 0 aliphatic heterocycles. The van der Waals surface area contributed by atoms with Crippen molar-refractivity contribution < 1.29 is 10.2 Å². The monoisotopic (exact) mass is 260 g/mol. The SMILES string of the molecule is Oc1cccc(-c2nc(Cl)c3ccc(O)cn23)c1. The smallest absolute Gasteiger partial charge is 0.155 e. The topological polar surface area (TPSA) is 57.8 Å². The van der Waals surface area contributed by atoms with E-state index in [4.69, 9.17) is 11.6 Å². The summed E-state index contributed by atoms with van der Waals surface area (Å²) in [4.78, 5) is 4.25. The van der Waals surface area contributed by atoms with Crippen LogP contribution in [0.5, 0.6) is 11.5 Å². The molecule has 2 heterocycles. The highest BCUT2D eigenvalue weighted by Gasteiger charge is 2.11. The van der Waals surface area contributed by atoms with E-state index in [-0.39, 0.29) is 11.5 Å². The summed E-state index contributed by atoms with van der Waals surface area (Å²) in [6.07, 6.45) is 1.54. The van der Waals surface area contributed by atoms with Gasteiger partial charge in [-0.15, -0.1) is 0 Å². The summed E-state index contributed by atoms with van der Waals surface area (Å²) < 4.78 is 1.69. The first-order valence-corrected chi connectivity index (χ1v) is 5.69. The zero-order valence-electron chi connectivity index (χ0n) is 9.21. The van der Waals surface area contributed by atoms with Crippen LogP contribution >= 0.6 is 11.6 Å². The van der Waals surface area contributed by atoms with Gasteiger partial charge in [0.25, 0.3) is 0 Å². The van der Waals surface area contributed by atoms with Crippen molar-refractivity contribution in [1.82, 2.24) is 9.38 Å². The van der Waals surface area contributed by atoms with Crippen LogP contribution in [0.2, 0.25) is 5.15 Å². The molecule has 18 heavy (non-hydrogen) atoms. The Balaban J connectivity index is 2.32. The molecule has 2 N–H and O–H groups in total. The quantitative estimate of drug-likeness (QED) is 0.707. The van der Waals surface area contributed by atoms with Crippen molar-refractivity contribution in [3.63, 3.8) is 0 Å². The number of nitrogens with zero attached hydrogens (tertiary/aromatic N) is 2. The number of hydrogen-bond donors (Lipinski definition) is 2. The molecule has 5 heteroatoms. The van der Waals surface area contributed by atoms with Gasteiger partial charge in [0.05, 0.1) is 11.7 Å². The number of fused-ring (bicyclic) bond motifs is 1. The summed E-state index contributed by atoms with van der Waals surface area (Å²) >= 11 is 6.04. The Kier molecular flexibility index (Phi) is 2.38. The molecule has 3 aromatic rings. The lowest BCUT2D eigenvalue weighted by Crippen LogP contribution is -1.88. The number of benzene rings is 1. The molecule has 0 bridgehead atoms. The lowest BCUT2D eigenvalue weighted by molar-refractivity contribution is 0.472. The molecule has 0 unspecified atom stereocenters. The Morgan fingerprint density at radius 2 is 1.89 bits per heavy atom. The summed E-state index contributed by atoms with van der Waals surface area (Å²) in [6.45, 7) is 0. The Hall–Kier alpha value is -2.20. The Bertz CT molecular complexity index is 737. The van der Waals surface area contributed by atoms with Gasteiger partial charge in [-0.05, 0) is 24.3 Å². The van der Waals surface area contributed by atoms with Gasteiger partial charge >= 0.3 is 0 Å². The first-order chi connectivity index (χ1) is 8.65. The maximum atomic E-state index is 9.52. The second-order valence-electron chi connectivity index (χ2n) is 3.92. The fourth-order valence-electron chi connectivity index (χ4n) is 1.89. The predicted octanol–water partition coefficient (Wildman–Crippen LogP) is 3.07. The van der Waals surface area contributed by atoms with Crippen LogP contribution in [-0.4, -0.2) is 19.6 Å². The standard InChI is InChI=1S/C13H9ClN2O2/c14-12-11-5-4-10(18)7-16(11)13(15-12)8-2-1-3-9(17)6-8/h1-7,17-18H. The number of hydrogen-bond acceptors (Lipinski definition) is 3. The van der Waals surface area contributed by atoms with Crippen LogP contribution in [0, 0.1) is 0 Å². The Morgan fingerprint density at radius 1 is 1.06 bits per heavy atom. The summed E-state index contributed by atoms with van der Waals surface area (Å²) in [5.74, 6) is 0.847. The number of pyridine rings is 1. The maximum absolute atomic E-state index is 9.52. The molecule has 0 saturated carbocycles. The highest BCUT2D eigenvalue weighted by Crippen LogP contribution is 2.28. The van der Waals surface area contributed by atoms with Crippen molar-refractivity contribution in [1.29, 1.82) is 0 Å². The number of phenolic OH excluding ortho intramolecular Hbond substituents is 1. The van der Waals surface area contributed by atoms with Crippen LogP contribution in [0.4, 0.5) is 0 Å². The zero-order chi connectivity index (χ0) is 12.7. The van der Waals surface area contributed by atoms with Gasteiger partial charge in [-0.3, -0.25) is 4.40 Å². The highest BCUT2D eigenvalue weighted by molar-refractivity contribution is 6.32. The molecule has 0 aliphatic carbocycles. The number of halogens is 1. The molecule has 0 saturated heterocycles. The average Bonchev–Trinajstić information content (AvgIpc) is 2.66. The lowest BCUT2D eigenvalue weighted by Gasteiger charge is -2.02. The van der Waals surface area contributed by atoms with Gasteiger partial charge in [-0.25, -0.2) is 4.98 Å². The summed E-state index contributed by atoms with van der Waals surface area (Å²) in [5, 5.41) is 19.4. The van der Waals surface area contributed by atoms with E-state index in [0.717, 1.165) is 5.56 Å². The highest BCUT2D eigenvalue weighted by atomic mass is 35.5. The van der Waals surface area contributed by atoms with Gasteiger partial charge in [0.15, 0.2) is 5.15 Å². The second-order valence-corrected chi connectivity index (χ2v) is 4.28. The molecule has 0 atom stereocenters. The first kappa shape index (κ1) is 10.9. The average molecular weight is 261 g/mol. The zero-order valence-corrected chi connectivity index (χ0v) is 9.96. The molecule has 4 nitrogen and oxygen atoms in total. The minimum Gasteiger partial charge on any atom is -0.508 e. The summed E-state index contributed by atoms with van der Waals surface area (Å²) in [5.41, 5.74) is 1.43. The Labute approximate surface area is 108 Å². The van der Waals surface area contributed by atoms with Crippen LogP contribution in [0.25, 0.3) is 16.9 Å². The van der Waals surface area contributed by atoms with Crippen molar-refractivity contribution in [3.8, 4) is 22.9 Å². The minimum atomic E-state index is 0.123. The third kappa shape index (κ3) is 1.67. The van der Waals surface area contributed by atoms with Crippen LogP contribution in [-0.2, 0) is 0 Å². The van der Waals surface area contributed by atoms with Gasteiger partial charge in [0.2, 0.25) is 0 Å². The van der Waals surface area contributed by atoms with E-state index in [1.165, 1.54) is 6.20 Å². The molecule has 90 valence electrons. The van der Waals surface area contributed by atoms with Gasteiger partial charge in [-0.2, -0.15) is 0 Å². The molecule has 0 aliphatic rings. The third-order valence-electron chi connectivity index (χ3n) is 2.68. The number of aromatic nitrogens is 2. The molecule has 0 amide bonds. The van der Waals surface area contributed by atoms with Gasteiger partial charge in [0, 0.05) is 5.56 Å². The minimum absolute atomic E-state index is 0.123. The van der Waals surface area contributed by atoms with Crippen molar-refractivity contribution >= 4 is 17.1 Å². The van der Waals surface area contributed by atoms with Crippen LogP contribution < -0.4 is 0 Å².